The van der Waals surface area contributed by atoms with E-state index in [0.29, 0.717) is 30.6 Å². The molecule has 4 atom stereocenters. The number of anilines is 1. The summed E-state index contributed by atoms with van der Waals surface area (Å²) < 4.78 is 42.0. The lowest BCUT2D eigenvalue weighted by Gasteiger charge is -2.27. The van der Waals surface area contributed by atoms with Gasteiger partial charge >= 0.3 is 12.1 Å². The van der Waals surface area contributed by atoms with Gasteiger partial charge in [-0.2, -0.15) is 5.10 Å². The molecule has 11 nitrogen and oxygen atoms in total. The van der Waals surface area contributed by atoms with Gasteiger partial charge in [0.05, 0.1) is 25.0 Å². The van der Waals surface area contributed by atoms with E-state index < -0.39 is 35.7 Å². The van der Waals surface area contributed by atoms with E-state index in [4.69, 9.17) is 9.47 Å². The van der Waals surface area contributed by atoms with Crippen molar-refractivity contribution >= 4 is 23.5 Å². The molecule has 0 bridgehead atoms. The number of hydrogen-bond acceptors (Lipinski definition) is 8. The number of aromatic carboxylic acids is 1. The summed E-state index contributed by atoms with van der Waals surface area (Å²) in [6, 6.07) is 2.08. The van der Waals surface area contributed by atoms with Crippen molar-refractivity contribution in [1.29, 1.82) is 0 Å². The predicted molar refractivity (Wildman–Crippen MR) is 135 cm³/mol. The number of carbonyl (C=O) groups is 2. The van der Waals surface area contributed by atoms with Gasteiger partial charge in [-0.05, 0) is 45.7 Å². The molecule has 2 aliphatic rings. The summed E-state index contributed by atoms with van der Waals surface area (Å²) in [6.07, 6.45) is 3.62. The molecule has 1 saturated carbocycles. The van der Waals surface area contributed by atoms with Crippen LogP contribution in [-0.2, 0) is 4.74 Å². The van der Waals surface area contributed by atoms with Crippen molar-refractivity contribution in [2.75, 3.05) is 11.4 Å². The summed E-state index contributed by atoms with van der Waals surface area (Å²) in [5.74, 6) is -1.27. The van der Waals surface area contributed by atoms with Crippen LogP contribution in [0.4, 0.5) is 19.4 Å². The van der Waals surface area contributed by atoms with Gasteiger partial charge in [-0.25, -0.2) is 32.9 Å². The largest absolute Gasteiger partial charge is 0.477 e. The monoisotopic (exact) mass is 544 g/mol. The fourth-order valence-corrected chi connectivity index (χ4v) is 5.09. The normalized spacial score (nSPS) is 23.3. The standard InChI is InChI=1S/C26H30F2N6O5/c1-26(2,3)39-25(37)31-16-4-5-17(10-16)38-23-18(8-14(27)11-29-23)20-9-15(28)13-33(20)21-6-7-34-22(32-21)19(12-30-34)24(35)36/h6-8,11-12,15-17,20H,4-5,9-10,13H2,1-3H3,(H,31,37)(H,35,36)/t15-,16+,17-,20+/m0/s1. The smallest absolute Gasteiger partial charge is 0.407 e. The van der Waals surface area contributed by atoms with Crippen molar-refractivity contribution in [3.05, 3.63) is 47.7 Å². The Kier molecular flexibility index (Phi) is 7.00. The molecule has 3 aromatic heterocycles. The molecular weight excluding hydrogens is 514 g/mol. The van der Waals surface area contributed by atoms with Gasteiger partial charge in [0.2, 0.25) is 5.88 Å². The zero-order valence-electron chi connectivity index (χ0n) is 21.8. The van der Waals surface area contributed by atoms with Gasteiger partial charge in [-0.15, -0.1) is 0 Å². The number of hydrogen-bond donors (Lipinski definition) is 2. The van der Waals surface area contributed by atoms with Crippen LogP contribution in [0.15, 0.2) is 30.7 Å². The molecule has 0 radical (unpaired) electrons. The first-order valence-corrected chi connectivity index (χ1v) is 12.8. The van der Waals surface area contributed by atoms with Gasteiger partial charge < -0.3 is 24.8 Å². The molecule has 1 aliphatic carbocycles. The van der Waals surface area contributed by atoms with Crippen LogP contribution in [0.3, 0.4) is 0 Å². The molecule has 2 N–H and O–H groups in total. The number of halogens is 2. The number of carbonyl (C=O) groups excluding carboxylic acids is 1. The lowest BCUT2D eigenvalue weighted by atomic mass is 10.1. The Morgan fingerprint density at radius 3 is 2.74 bits per heavy atom. The lowest BCUT2D eigenvalue weighted by molar-refractivity contribution is 0.0502. The third-order valence-electron chi connectivity index (χ3n) is 6.72. The van der Waals surface area contributed by atoms with E-state index in [-0.39, 0.29) is 42.2 Å². The Labute approximate surface area is 223 Å². The molecule has 208 valence electrons. The van der Waals surface area contributed by atoms with Gasteiger partial charge in [0.1, 0.15) is 35.1 Å². The van der Waals surface area contributed by atoms with Gasteiger partial charge in [-0.3, -0.25) is 0 Å². The average Bonchev–Trinajstić information content (AvgIpc) is 3.56. The Hall–Kier alpha value is -4.03. The third kappa shape index (κ3) is 5.86. The van der Waals surface area contributed by atoms with Crippen LogP contribution in [0.1, 0.15) is 68.4 Å². The highest BCUT2D eigenvalue weighted by Crippen LogP contribution is 2.41. The number of carboxylic acids is 1. The van der Waals surface area contributed by atoms with Crippen molar-refractivity contribution in [3.8, 4) is 5.88 Å². The molecule has 3 aromatic rings. The minimum absolute atomic E-state index is 0.0222. The van der Waals surface area contributed by atoms with E-state index in [1.165, 1.54) is 16.8 Å². The van der Waals surface area contributed by atoms with E-state index in [1.807, 2.05) is 0 Å². The molecule has 39 heavy (non-hydrogen) atoms. The number of alkyl carbamates (subject to hydrolysis) is 1. The molecule has 1 amide bonds. The van der Waals surface area contributed by atoms with Crippen LogP contribution in [0.2, 0.25) is 0 Å². The maximum absolute atomic E-state index is 14.8. The Morgan fingerprint density at radius 1 is 1.21 bits per heavy atom. The predicted octanol–water partition coefficient (Wildman–Crippen LogP) is 4.08. The summed E-state index contributed by atoms with van der Waals surface area (Å²) in [5.41, 5.74) is -0.215. The number of carboxylic acid groups (broad SMARTS) is 1. The van der Waals surface area contributed by atoms with E-state index >= 15 is 0 Å². The first-order valence-electron chi connectivity index (χ1n) is 12.8. The summed E-state index contributed by atoms with van der Waals surface area (Å²) in [6.45, 7) is 5.35. The first kappa shape index (κ1) is 26.6. The fraction of sp³-hybridized carbons (Fsp3) is 0.500. The maximum atomic E-state index is 14.8. The van der Waals surface area contributed by atoms with E-state index in [9.17, 15) is 23.5 Å². The van der Waals surface area contributed by atoms with Crippen LogP contribution in [0, 0.1) is 5.82 Å². The van der Waals surface area contributed by atoms with Crippen molar-refractivity contribution < 1.29 is 33.0 Å². The Bertz CT molecular complexity index is 1390. The van der Waals surface area contributed by atoms with E-state index in [0.717, 1.165) is 6.20 Å². The van der Waals surface area contributed by atoms with Crippen molar-refractivity contribution in [2.24, 2.45) is 0 Å². The highest BCUT2D eigenvalue weighted by atomic mass is 19.1. The molecule has 1 saturated heterocycles. The summed E-state index contributed by atoms with van der Waals surface area (Å²) in [7, 11) is 0. The number of alkyl halides is 1. The second-order valence-electron chi connectivity index (χ2n) is 10.9. The molecule has 5 rings (SSSR count). The van der Waals surface area contributed by atoms with Crippen molar-refractivity contribution in [2.45, 2.75) is 76.4 Å². The number of fused-ring (bicyclic) bond motifs is 1. The number of nitrogens with zero attached hydrogens (tertiary/aromatic N) is 5. The fourth-order valence-electron chi connectivity index (χ4n) is 5.09. The Balaban J connectivity index is 1.37. The van der Waals surface area contributed by atoms with E-state index in [2.05, 4.69) is 20.4 Å². The topological polar surface area (TPSA) is 131 Å². The molecule has 0 aromatic carbocycles. The summed E-state index contributed by atoms with van der Waals surface area (Å²) >= 11 is 0. The number of pyridine rings is 1. The molecule has 0 unspecified atom stereocenters. The number of aromatic nitrogens is 4. The van der Waals surface area contributed by atoms with Crippen LogP contribution < -0.4 is 15.0 Å². The second kappa shape index (κ2) is 10.3. The average molecular weight is 545 g/mol. The van der Waals surface area contributed by atoms with Gasteiger partial charge in [0.15, 0.2) is 5.65 Å². The Morgan fingerprint density at radius 2 is 2.00 bits per heavy atom. The summed E-state index contributed by atoms with van der Waals surface area (Å²) in [4.78, 5) is 34.0. The number of ether oxygens (including phenoxy) is 2. The summed E-state index contributed by atoms with van der Waals surface area (Å²) in [5, 5.41) is 16.3. The lowest BCUT2D eigenvalue weighted by Crippen LogP contribution is -2.38. The highest BCUT2D eigenvalue weighted by Gasteiger charge is 2.38. The maximum Gasteiger partial charge on any atom is 0.407 e. The molecule has 4 heterocycles. The zero-order valence-corrected chi connectivity index (χ0v) is 21.8. The highest BCUT2D eigenvalue weighted by molar-refractivity contribution is 5.94. The molecule has 0 spiro atoms. The molecular formula is C26H30F2N6O5. The molecule has 13 heteroatoms. The van der Waals surface area contributed by atoms with Crippen LogP contribution in [-0.4, -0.2) is 67.2 Å². The number of rotatable bonds is 6. The van der Waals surface area contributed by atoms with Crippen LogP contribution in [0.5, 0.6) is 5.88 Å². The van der Waals surface area contributed by atoms with Crippen molar-refractivity contribution in [3.63, 3.8) is 0 Å². The van der Waals surface area contributed by atoms with Crippen LogP contribution in [0.25, 0.3) is 5.65 Å². The third-order valence-corrected chi connectivity index (χ3v) is 6.72. The second-order valence-corrected chi connectivity index (χ2v) is 10.9. The minimum Gasteiger partial charge on any atom is -0.477 e. The van der Waals surface area contributed by atoms with Gasteiger partial charge in [0.25, 0.3) is 0 Å². The van der Waals surface area contributed by atoms with Gasteiger partial charge in [-0.1, -0.05) is 0 Å². The number of amides is 1. The zero-order chi connectivity index (χ0) is 27.9. The molecule has 2 fully saturated rings. The minimum atomic E-state index is -1.23. The van der Waals surface area contributed by atoms with Crippen molar-refractivity contribution in [1.82, 2.24) is 24.9 Å². The quantitative estimate of drug-likeness (QED) is 0.471. The SMILES string of the molecule is CC(C)(C)OC(=O)N[C@@H]1CC[C@H](Oc2ncc(F)cc2[C@H]2C[C@H](F)CN2c2ccn3ncc(C(=O)O)c3n2)C1. The molecule has 1 aliphatic heterocycles. The van der Waals surface area contributed by atoms with E-state index in [1.54, 1.807) is 37.9 Å². The van der Waals surface area contributed by atoms with Gasteiger partial charge in [0, 0.05) is 30.6 Å². The first-order chi connectivity index (χ1) is 18.5. The van der Waals surface area contributed by atoms with Crippen LogP contribution >= 0.6 is 0 Å². The number of nitrogens with one attached hydrogen (secondary N) is 1.